The molecule has 1 amide bonds. The Morgan fingerprint density at radius 2 is 2.24 bits per heavy atom. The van der Waals surface area contributed by atoms with Crippen LogP contribution in [0, 0.1) is 0 Å². The number of hydrogen-bond donors (Lipinski definition) is 0. The second-order valence-electron chi connectivity index (χ2n) is 5.82. The molecule has 3 heterocycles. The Kier molecular flexibility index (Phi) is 4.52. The summed E-state index contributed by atoms with van der Waals surface area (Å²) in [5, 5.41) is 0.167. The third kappa shape index (κ3) is 3.10. The summed E-state index contributed by atoms with van der Waals surface area (Å²) < 4.78 is 10.5. The molecule has 0 bridgehead atoms. The number of likely N-dealkylation sites (tertiary alicyclic amines) is 2. The van der Waals surface area contributed by atoms with Crippen LogP contribution in [-0.4, -0.2) is 61.1 Å². The van der Waals surface area contributed by atoms with E-state index in [0.29, 0.717) is 12.1 Å². The minimum atomic E-state index is -0.0579. The molecule has 0 aromatic carbocycles. The molecule has 0 N–H and O–H groups in total. The quantitative estimate of drug-likeness (QED) is 0.855. The summed E-state index contributed by atoms with van der Waals surface area (Å²) in [7, 11) is 1.70. The zero-order valence-corrected chi connectivity index (χ0v) is 13.0. The summed E-state index contributed by atoms with van der Waals surface area (Å²) in [5.74, 6) is -0.0579. The van der Waals surface area contributed by atoms with E-state index in [-0.39, 0.29) is 23.3 Å². The third-order valence-corrected chi connectivity index (χ3v) is 4.78. The maximum atomic E-state index is 12.7. The average molecular weight is 313 g/mol. The highest BCUT2D eigenvalue weighted by molar-refractivity contribution is 6.32. The minimum absolute atomic E-state index is 0.0579. The topological polar surface area (TPSA) is 45.9 Å². The minimum Gasteiger partial charge on any atom is -0.452 e. The van der Waals surface area contributed by atoms with Crippen molar-refractivity contribution in [3.05, 3.63) is 23.1 Å². The summed E-state index contributed by atoms with van der Waals surface area (Å²) in [6.45, 7) is 3.79. The van der Waals surface area contributed by atoms with E-state index in [4.69, 9.17) is 20.8 Å². The van der Waals surface area contributed by atoms with Crippen molar-refractivity contribution in [2.45, 2.75) is 31.4 Å². The fraction of sp³-hybridized carbons (Fsp3) is 0.667. The van der Waals surface area contributed by atoms with E-state index in [1.54, 1.807) is 13.2 Å². The molecule has 21 heavy (non-hydrogen) atoms. The molecule has 2 aliphatic rings. The van der Waals surface area contributed by atoms with E-state index in [9.17, 15) is 4.79 Å². The Balaban J connectivity index is 1.73. The molecule has 0 spiro atoms. The number of hydrogen-bond acceptors (Lipinski definition) is 4. The maximum Gasteiger partial charge on any atom is 0.259 e. The lowest BCUT2D eigenvalue weighted by Crippen LogP contribution is -2.42. The number of ether oxygens (including phenoxy) is 1. The van der Waals surface area contributed by atoms with E-state index in [0.717, 1.165) is 26.1 Å². The first kappa shape index (κ1) is 14.9. The largest absolute Gasteiger partial charge is 0.452 e. The Morgan fingerprint density at radius 3 is 2.86 bits per heavy atom. The van der Waals surface area contributed by atoms with Crippen molar-refractivity contribution in [3.63, 3.8) is 0 Å². The SMILES string of the molecule is CO[C@H]1C[C@@H](CN2CCCC2)N(C(=O)c2ccoc2Cl)C1. The van der Waals surface area contributed by atoms with Gasteiger partial charge in [0.2, 0.25) is 5.22 Å². The summed E-state index contributed by atoms with van der Waals surface area (Å²) in [6, 6.07) is 1.82. The van der Waals surface area contributed by atoms with Gasteiger partial charge in [-0.15, -0.1) is 0 Å². The van der Waals surface area contributed by atoms with E-state index in [1.165, 1.54) is 19.1 Å². The van der Waals surface area contributed by atoms with Gasteiger partial charge in [-0.3, -0.25) is 4.79 Å². The predicted octanol–water partition coefficient (Wildman–Crippen LogP) is 2.26. The Hall–Kier alpha value is -1.04. The number of carbonyl (C=O) groups is 1. The number of nitrogens with zero attached hydrogens (tertiary/aromatic N) is 2. The van der Waals surface area contributed by atoms with Gasteiger partial charge in [0.05, 0.1) is 17.9 Å². The predicted molar refractivity (Wildman–Crippen MR) is 79.6 cm³/mol. The van der Waals surface area contributed by atoms with Crippen molar-refractivity contribution in [1.82, 2.24) is 9.80 Å². The first-order valence-electron chi connectivity index (χ1n) is 7.48. The van der Waals surface area contributed by atoms with Gasteiger partial charge in [-0.05, 0) is 50.0 Å². The Labute approximate surface area is 129 Å². The van der Waals surface area contributed by atoms with Crippen LogP contribution < -0.4 is 0 Å². The molecular weight excluding hydrogens is 292 g/mol. The fourth-order valence-electron chi connectivity index (χ4n) is 3.33. The van der Waals surface area contributed by atoms with Crippen LogP contribution in [0.3, 0.4) is 0 Å². The van der Waals surface area contributed by atoms with Crippen molar-refractivity contribution >= 4 is 17.5 Å². The molecule has 1 aromatic rings. The van der Waals surface area contributed by atoms with Crippen molar-refractivity contribution in [3.8, 4) is 0 Å². The molecule has 116 valence electrons. The molecule has 2 atom stereocenters. The molecule has 1 aromatic heterocycles. The van der Waals surface area contributed by atoms with E-state index in [1.807, 2.05) is 4.90 Å². The highest BCUT2D eigenvalue weighted by Crippen LogP contribution is 2.27. The van der Waals surface area contributed by atoms with Crippen molar-refractivity contribution in [2.24, 2.45) is 0 Å². The normalized spacial score (nSPS) is 26.7. The van der Waals surface area contributed by atoms with Crippen LogP contribution in [0.1, 0.15) is 29.6 Å². The first-order chi connectivity index (χ1) is 10.2. The second-order valence-corrected chi connectivity index (χ2v) is 6.16. The number of carbonyl (C=O) groups excluding carboxylic acids is 1. The van der Waals surface area contributed by atoms with E-state index in [2.05, 4.69) is 4.90 Å². The van der Waals surface area contributed by atoms with Gasteiger partial charge >= 0.3 is 0 Å². The average Bonchev–Trinajstić information content (AvgIpc) is 3.19. The summed E-state index contributed by atoms with van der Waals surface area (Å²) in [5.41, 5.74) is 0.444. The lowest BCUT2D eigenvalue weighted by atomic mass is 10.1. The second kappa shape index (κ2) is 6.38. The number of rotatable bonds is 4. The molecule has 5 nitrogen and oxygen atoms in total. The van der Waals surface area contributed by atoms with Crippen molar-refractivity contribution in [1.29, 1.82) is 0 Å². The molecule has 2 fully saturated rings. The third-order valence-electron chi connectivity index (χ3n) is 4.49. The maximum absolute atomic E-state index is 12.7. The molecule has 0 unspecified atom stereocenters. The lowest BCUT2D eigenvalue weighted by Gasteiger charge is -2.28. The van der Waals surface area contributed by atoms with Crippen LogP contribution in [0.2, 0.25) is 5.22 Å². The van der Waals surface area contributed by atoms with Gasteiger partial charge in [0.25, 0.3) is 5.91 Å². The smallest absolute Gasteiger partial charge is 0.259 e. The number of furan rings is 1. The van der Waals surface area contributed by atoms with Gasteiger partial charge < -0.3 is 19.0 Å². The zero-order chi connectivity index (χ0) is 14.8. The van der Waals surface area contributed by atoms with E-state index >= 15 is 0 Å². The highest BCUT2D eigenvalue weighted by Gasteiger charge is 2.37. The van der Waals surface area contributed by atoms with Crippen molar-refractivity contribution < 1.29 is 13.9 Å². The fourth-order valence-corrected chi connectivity index (χ4v) is 3.53. The first-order valence-corrected chi connectivity index (χ1v) is 7.86. The molecule has 0 aliphatic carbocycles. The number of halogens is 1. The van der Waals surface area contributed by atoms with Crippen molar-refractivity contribution in [2.75, 3.05) is 33.3 Å². The van der Waals surface area contributed by atoms with Crippen LogP contribution in [0.15, 0.2) is 16.7 Å². The summed E-state index contributed by atoms with van der Waals surface area (Å²) in [6.07, 6.45) is 4.94. The zero-order valence-electron chi connectivity index (χ0n) is 12.3. The number of methoxy groups -OCH3 is 1. The molecule has 0 radical (unpaired) electrons. The standard InChI is InChI=1S/C15H21ClN2O3/c1-20-12-8-11(9-17-5-2-3-6-17)18(10-12)15(19)13-4-7-21-14(13)16/h4,7,11-12H,2-3,5-6,8-10H2,1H3/t11-,12-/m0/s1. The Morgan fingerprint density at radius 1 is 1.48 bits per heavy atom. The summed E-state index contributed by atoms with van der Waals surface area (Å²) >= 11 is 5.95. The van der Waals surface area contributed by atoms with Crippen LogP contribution in [0.4, 0.5) is 0 Å². The molecular formula is C15H21ClN2O3. The van der Waals surface area contributed by atoms with Gasteiger partial charge in [-0.25, -0.2) is 0 Å². The molecule has 2 saturated heterocycles. The van der Waals surface area contributed by atoms with Gasteiger partial charge in [0.15, 0.2) is 0 Å². The van der Waals surface area contributed by atoms with Crippen LogP contribution in [-0.2, 0) is 4.74 Å². The van der Waals surface area contributed by atoms with Gasteiger partial charge in [0.1, 0.15) is 0 Å². The Bertz CT molecular complexity index is 499. The van der Waals surface area contributed by atoms with E-state index < -0.39 is 0 Å². The molecule has 2 aliphatic heterocycles. The van der Waals surface area contributed by atoms with Crippen LogP contribution >= 0.6 is 11.6 Å². The van der Waals surface area contributed by atoms with Gasteiger partial charge in [-0.1, -0.05) is 0 Å². The molecule has 3 rings (SSSR count). The molecule has 6 heteroatoms. The lowest BCUT2D eigenvalue weighted by molar-refractivity contribution is 0.0669. The van der Waals surface area contributed by atoms with Crippen LogP contribution in [0.5, 0.6) is 0 Å². The summed E-state index contributed by atoms with van der Waals surface area (Å²) in [4.78, 5) is 17.0. The number of amides is 1. The highest BCUT2D eigenvalue weighted by atomic mass is 35.5. The monoisotopic (exact) mass is 312 g/mol. The van der Waals surface area contributed by atoms with Crippen LogP contribution in [0.25, 0.3) is 0 Å². The van der Waals surface area contributed by atoms with Gasteiger partial charge in [0, 0.05) is 26.2 Å². The molecule has 0 saturated carbocycles. The van der Waals surface area contributed by atoms with Gasteiger partial charge in [-0.2, -0.15) is 0 Å².